The summed E-state index contributed by atoms with van der Waals surface area (Å²) in [6.07, 6.45) is -2.95. The molecule has 3 atom stereocenters. The van der Waals surface area contributed by atoms with Gasteiger partial charge < -0.3 is 10.4 Å². The van der Waals surface area contributed by atoms with E-state index >= 15 is 13.6 Å². The molecule has 1 fully saturated rings. The molecule has 23 heteroatoms. The fourth-order valence-corrected chi connectivity index (χ4v) is 9.29. The van der Waals surface area contributed by atoms with Gasteiger partial charge in [0.1, 0.15) is 41.2 Å². The van der Waals surface area contributed by atoms with Gasteiger partial charge in [-0.25, -0.2) is 40.3 Å². The van der Waals surface area contributed by atoms with E-state index in [2.05, 4.69) is 25.2 Å². The zero-order valence-electron chi connectivity index (χ0n) is 33.1. The molecule has 0 saturated heterocycles. The van der Waals surface area contributed by atoms with Gasteiger partial charge in [-0.1, -0.05) is 11.6 Å². The molecule has 3 N–H and O–H groups in total. The molecule has 9 rings (SSSR count). The van der Waals surface area contributed by atoms with Gasteiger partial charge in [-0.3, -0.25) is 28.2 Å². The van der Waals surface area contributed by atoms with Crippen LogP contribution in [0.2, 0.25) is 5.02 Å². The van der Waals surface area contributed by atoms with Gasteiger partial charge in [0.25, 0.3) is 17.9 Å². The van der Waals surface area contributed by atoms with Crippen LogP contribution in [0, 0.1) is 23.4 Å². The summed E-state index contributed by atoms with van der Waals surface area (Å²) >= 11 is 6.61. The van der Waals surface area contributed by atoms with Gasteiger partial charge >= 0.3 is 0 Å². The van der Waals surface area contributed by atoms with Crippen molar-refractivity contribution in [3.05, 3.63) is 127 Å². The largest absolute Gasteiger partial charge is 0.392 e. The monoisotopic (exact) mass is 929 g/mol. The van der Waals surface area contributed by atoms with E-state index in [0.717, 1.165) is 35.1 Å². The highest BCUT2D eigenvalue weighted by molar-refractivity contribution is 7.92. The van der Waals surface area contributed by atoms with Crippen molar-refractivity contribution in [3.8, 4) is 16.9 Å². The van der Waals surface area contributed by atoms with Gasteiger partial charge in [-0.15, -0.1) is 0 Å². The number of aliphatic hydroxyl groups is 1. The van der Waals surface area contributed by atoms with E-state index in [4.69, 9.17) is 16.6 Å². The molecular formula is C41H31ClF7N9O5S. The highest BCUT2D eigenvalue weighted by Crippen LogP contribution is 2.68. The highest BCUT2D eigenvalue weighted by Gasteiger charge is 2.67. The summed E-state index contributed by atoms with van der Waals surface area (Å²) in [5.41, 5.74) is -2.84. The number of halogens is 8. The summed E-state index contributed by atoms with van der Waals surface area (Å²) in [4.78, 5) is 38.4. The lowest BCUT2D eigenvalue weighted by atomic mass is 10.0. The van der Waals surface area contributed by atoms with Crippen LogP contribution in [0.4, 0.5) is 36.6 Å². The van der Waals surface area contributed by atoms with Crippen LogP contribution in [0.1, 0.15) is 58.7 Å². The van der Waals surface area contributed by atoms with Crippen LogP contribution in [0.25, 0.3) is 38.9 Å². The zero-order valence-corrected chi connectivity index (χ0v) is 34.6. The van der Waals surface area contributed by atoms with Crippen molar-refractivity contribution in [1.82, 2.24) is 39.4 Å². The Kier molecular flexibility index (Phi) is 10.3. The lowest BCUT2D eigenvalue weighted by Crippen LogP contribution is -2.38. The lowest BCUT2D eigenvalue weighted by molar-refractivity contribution is -0.123. The van der Waals surface area contributed by atoms with Crippen LogP contribution in [0.3, 0.4) is 0 Å². The SMILES string of the molecule is Cn1nc(NS(C)(=O)=O)c2c(Cl)ccc(-n3c([C@H](Cc4cc(F)cc(F)c4)NC(=O)Cn4nc(C(F)F)c5c4C(F)(F)[C@@H]4C[C@H]54)nc4nc(-c5ccc(F)cc5CO)ccc4c3=O)c21. The molecule has 332 valence electrons. The summed E-state index contributed by atoms with van der Waals surface area (Å²) < 4.78 is 133. The van der Waals surface area contributed by atoms with E-state index < -0.39 is 106 Å². The molecule has 4 aromatic heterocycles. The molecule has 2 aliphatic rings. The fourth-order valence-electron chi connectivity index (χ4n) is 8.55. The molecule has 1 amide bonds. The van der Waals surface area contributed by atoms with Crippen LogP contribution >= 0.6 is 11.6 Å². The quantitative estimate of drug-likeness (QED) is 0.112. The Balaban J connectivity index is 1.27. The summed E-state index contributed by atoms with van der Waals surface area (Å²) in [6.45, 7) is -1.65. The molecule has 64 heavy (non-hydrogen) atoms. The first kappa shape index (κ1) is 42.9. The second kappa shape index (κ2) is 15.4. The first-order chi connectivity index (χ1) is 30.2. The number of pyridine rings is 1. The van der Waals surface area contributed by atoms with Crippen molar-refractivity contribution in [1.29, 1.82) is 0 Å². The Labute approximate surface area is 361 Å². The number of aliphatic hydroxyl groups excluding tert-OH is 1. The molecule has 7 aromatic rings. The molecule has 0 bridgehead atoms. The molecule has 14 nitrogen and oxygen atoms in total. The number of aromatic nitrogens is 7. The van der Waals surface area contributed by atoms with Gasteiger partial charge in [0.15, 0.2) is 11.5 Å². The number of rotatable bonds is 12. The Bertz CT molecular complexity index is 3270. The molecule has 0 unspecified atom stereocenters. The van der Waals surface area contributed by atoms with E-state index in [1.807, 2.05) is 0 Å². The zero-order chi connectivity index (χ0) is 45.7. The molecule has 4 heterocycles. The van der Waals surface area contributed by atoms with E-state index in [1.54, 1.807) is 0 Å². The van der Waals surface area contributed by atoms with E-state index in [1.165, 1.54) is 42.1 Å². The maximum absolute atomic E-state index is 15.5. The lowest BCUT2D eigenvalue weighted by Gasteiger charge is -2.24. The van der Waals surface area contributed by atoms with Gasteiger partial charge in [-0.05, 0) is 78.1 Å². The predicted octanol–water partition coefficient (Wildman–Crippen LogP) is 6.71. The smallest absolute Gasteiger partial charge is 0.293 e. The average Bonchev–Trinajstić information content (AvgIpc) is 3.75. The molecule has 1 saturated carbocycles. The number of benzene rings is 3. The highest BCUT2D eigenvalue weighted by atomic mass is 35.5. The molecule has 3 aromatic carbocycles. The fraction of sp³-hybridized carbons (Fsp3) is 0.268. The van der Waals surface area contributed by atoms with Crippen LogP contribution < -0.4 is 15.6 Å². The van der Waals surface area contributed by atoms with Crippen LogP contribution in [0.5, 0.6) is 0 Å². The summed E-state index contributed by atoms with van der Waals surface area (Å²) in [5, 5.41) is 20.5. The number of nitrogens with one attached hydrogen (secondary N) is 2. The third kappa shape index (κ3) is 7.41. The van der Waals surface area contributed by atoms with Crippen molar-refractivity contribution < 1.29 is 49.1 Å². The number of anilines is 1. The summed E-state index contributed by atoms with van der Waals surface area (Å²) in [6, 6.07) is 9.77. The Morgan fingerprint density at radius 3 is 2.42 bits per heavy atom. The Hall–Kier alpha value is -6.39. The predicted molar refractivity (Wildman–Crippen MR) is 217 cm³/mol. The van der Waals surface area contributed by atoms with Crippen molar-refractivity contribution in [2.45, 2.75) is 50.3 Å². The number of carbonyl (C=O) groups excluding carboxylic acids is 1. The number of aryl methyl sites for hydroxylation is 1. The third-order valence-electron chi connectivity index (χ3n) is 11.2. The minimum absolute atomic E-state index is 0.0143. The number of fused-ring (bicyclic) bond motifs is 5. The number of hydrogen-bond acceptors (Lipinski definition) is 9. The van der Waals surface area contributed by atoms with E-state index in [-0.39, 0.29) is 72.8 Å². The molecular weight excluding hydrogens is 899 g/mol. The van der Waals surface area contributed by atoms with E-state index in [0.29, 0.717) is 10.7 Å². The maximum atomic E-state index is 15.5. The van der Waals surface area contributed by atoms with E-state index in [9.17, 15) is 40.3 Å². The third-order valence-corrected chi connectivity index (χ3v) is 12.1. The molecule has 0 radical (unpaired) electrons. The van der Waals surface area contributed by atoms with Crippen LogP contribution in [-0.2, 0) is 47.4 Å². The number of sulfonamides is 1. The topological polar surface area (TPSA) is 179 Å². The van der Waals surface area contributed by atoms with Crippen LogP contribution in [0.15, 0.2) is 65.5 Å². The van der Waals surface area contributed by atoms with Crippen molar-refractivity contribution in [3.63, 3.8) is 0 Å². The molecule has 0 spiro atoms. The van der Waals surface area contributed by atoms with Crippen molar-refractivity contribution >= 4 is 55.3 Å². The van der Waals surface area contributed by atoms with Crippen LogP contribution in [-0.4, -0.2) is 59.8 Å². The van der Waals surface area contributed by atoms with Gasteiger partial charge in [0.05, 0.1) is 51.6 Å². The normalized spacial score (nSPS) is 16.9. The number of hydrogen-bond donors (Lipinski definition) is 3. The number of alkyl halides is 4. The summed E-state index contributed by atoms with van der Waals surface area (Å²) in [7, 11) is -2.54. The standard InChI is InChI=1S/C41H31ClF7N9O5S/c1-56-34-29(8-6-26(42)32(34)38(54-56)55-64(2,62)63)58-39(52-37-23(40(58)61)5-7-27(51-37)22-4-3-19(43)12-18(22)16-59)28(11-17-9-20(44)13-21(45)10-17)50-30(60)15-57-35-31(33(53-57)36(46)47)24-14-25(24)41(35,48)49/h3-10,12-13,24-25,28,36,59H,11,14-16H2,1-2H3,(H,50,60)(H,54,55)/t24-,25+,28-/m0/s1. The number of nitrogens with zero attached hydrogens (tertiary/aromatic N) is 7. The molecule has 0 aliphatic heterocycles. The second-order valence-electron chi connectivity index (χ2n) is 15.6. The summed E-state index contributed by atoms with van der Waals surface area (Å²) in [5.74, 6) is -10.1. The van der Waals surface area contributed by atoms with Gasteiger partial charge in [0.2, 0.25) is 15.9 Å². The maximum Gasteiger partial charge on any atom is 0.293 e. The Morgan fingerprint density at radius 2 is 1.73 bits per heavy atom. The van der Waals surface area contributed by atoms with Crippen molar-refractivity contribution in [2.75, 3.05) is 11.0 Å². The second-order valence-corrected chi connectivity index (χ2v) is 17.7. The average molecular weight is 930 g/mol. The first-order valence-electron chi connectivity index (χ1n) is 19.2. The number of amides is 1. The molecule has 2 aliphatic carbocycles. The Morgan fingerprint density at radius 1 is 1.00 bits per heavy atom. The number of carbonyl (C=O) groups is 1. The minimum Gasteiger partial charge on any atom is -0.392 e. The van der Waals surface area contributed by atoms with Gasteiger partial charge in [-0.2, -0.15) is 19.0 Å². The van der Waals surface area contributed by atoms with Crippen molar-refractivity contribution in [2.24, 2.45) is 13.0 Å². The minimum atomic E-state index is -3.95. The van der Waals surface area contributed by atoms with Gasteiger partial charge in [0, 0.05) is 36.6 Å². The first-order valence-corrected chi connectivity index (χ1v) is 21.5.